The Balaban J connectivity index is 1.56. The Hall–Kier alpha value is -2.70. The van der Waals surface area contributed by atoms with Crippen molar-refractivity contribution >= 4 is 16.8 Å². The van der Waals surface area contributed by atoms with Crippen molar-refractivity contribution in [2.24, 2.45) is 5.92 Å². The Morgan fingerprint density at radius 3 is 2.62 bits per heavy atom. The number of aromatic nitrogens is 2. The summed E-state index contributed by atoms with van der Waals surface area (Å²) in [6.07, 6.45) is 6.58. The molecule has 0 unspecified atom stereocenters. The molecule has 0 aliphatic carbocycles. The summed E-state index contributed by atoms with van der Waals surface area (Å²) in [7, 11) is 0. The molecule has 2 aromatic heterocycles. The summed E-state index contributed by atoms with van der Waals surface area (Å²) in [6.45, 7) is 11.2. The SMILES string of the molecule is CC(C)Cn1cc(C(=O)N(CCCN2CCOCC2)Cc2ccncc2)c2ccccc21. The zero-order valence-electron chi connectivity index (χ0n) is 19.2. The number of fused-ring (bicyclic) bond motifs is 1. The molecule has 0 saturated carbocycles. The fraction of sp³-hybridized carbons (Fsp3) is 0.462. The predicted molar refractivity (Wildman–Crippen MR) is 128 cm³/mol. The fourth-order valence-corrected chi connectivity index (χ4v) is 4.40. The van der Waals surface area contributed by atoms with E-state index in [0.29, 0.717) is 12.5 Å². The molecule has 1 aliphatic rings. The Kier molecular flexibility index (Phi) is 7.55. The minimum Gasteiger partial charge on any atom is -0.379 e. The fourth-order valence-electron chi connectivity index (χ4n) is 4.40. The number of carbonyl (C=O) groups is 1. The third-order valence-corrected chi connectivity index (χ3v) is 6.00. The van der Waals surface area contributed by atoms with E-state index in [1.54, 1.807) is 12.4 Å². The molecule has 6 heteroatoms. The average Bonchev–Trinajstić information content (AvgIpc) is 3.17. The highest BCUT2D eigenvalue weighted by Gasteiger charge is 2.22. The predicted octanol–water partition coefficient (Wildman–Crippen LogP) is 4.06. The monoisotopic (exact) mass is 434 g/mol. The second-order valence-electron chi connectivity index (χ2n) is 9.00. The lowest BCUT2D eigenvalue weighted by Crippen LogP contribution is -2.39. The van der Waals surface area contributed by atoms with Gasteiger partial charge in [0.2, 0.25) is 0 Å². The van der Waals surface area contributed by atoms with E-state index >= 15 is 0 Å². The minimum absolute atomic E-state index is 0.0995. The maximum absolute atomic E-state index is 13.8. The summed E-state index contributed by atoms with van der Waals surface area (Å²) in [4.78, 5) is 22.4. The minimum atomic E-state index is 0.0995. The molecule has 0 atom stereocenters. The molecule has 32 heavy (non-hydrogen) atoms. The first-order valence-corrected chi connectivity index (χ1v) is 11.7. The van der Waals surface area contributed by atoms with Crippen molar-refractivity contribution in [2.45, 2.75) is 33.4 Å². The highest BCUT2D eigenvalue weighted by atomic mass is 16.5. The average molecular weight is 435 g/mol. The summed E-state index contributed by atoms with van der Waals surface area (Å²) in [5.41, 5.74) is 3.02. The van der Waals surface area contributed by atoms with Gasteiger partial charge in [-0.05, 0) is 36.1 Å². The summed E-state index contributed by atoms with van der Waals surface area (Å²) < 4.78 is 7.69. The van der Waals surface area contributed by atoms with Crippen molar-refractivity contribution < 1.29 is 9.53 Å². The Morgan fingerprint density at radius 2 is 1.88 bits per heavy atom. The van der Waals surface area contributed by atoms with Crippen molar-refractivity contribution in [2.75, 3.05) is 39.4 Å². The van der Waals surface area contributed by atoms with Crippen molar-refractivity contribution in [1.29, 1.82) is 0 Å². The van der Waals surface area contributed by atoms with Gasteiger partial charge in [-0.15, -0.1) is 0 Å². The first-order chi connectivity index (χ1) is 15.6. The van der Waals surface area contributed by atoms with Crippen LogP contribution in [0.1, 0.15) is 36.2 Å². The van der Waals surface area contributed by atoms with E-state index in [4.69, 9.17) is 4.74 Å². The number of amides is 1. The van der Waals surface area contributed by atoms with Crippen molar-refractivity contribution in [1.82, 2.24) is 19.4 Å². The summed E-state index contributed by atoms with van der Waals surface area (Å²) >= 11 is 0. The standard InChI is InChI=1S/C26H34N4O2/c1-21(2)18-30-20-24(23-6-3-4-7-25(23)30)26(31)29(19-22-8-10-27-11-9-22)13-5-12-28-14-16-32-17-15-28/h3-4,6-11,20-21H,5,12-19H2,1-2H3. The third-order valence-electron chi connectivity index (χ3n) is 6.00. The number of morpholine rings is 1. The molecule has 3 aromatic rings. The van der Waals surface area contributed by atoms with Crippen LogP contribution < -0.4 is 0 Å². The summed E-state index contributed by atoms with van der Waals surface area (Å²) in [6, 6.07) is 12.2. The van der Waals surface area contributed by atoms with Gasteiger partial charge in [0, 0.05) is 68.8 Å². The van der Waals surface area contributed by atoms with Crippen molar-refractivity contribution in [3.05, 3.63) is 66.1 Å². The molecule has 0 N–H and O–H groups in total. The zero-order chi connectivity index (χ0) is 22.3. The molecular formula is C26H34N4O2. The Labute approximate surface area is 190 Å². The van der Waals surface area contributed by atoms with Gasteiger partial charge in [0.1, 0.15) is 0 Å². The van der Waals surface area contributed by atoms with Crippen LogP contribution in [0.2, 0.25) is 0 Å². The quantitative estimate of drug-likeness (QED) is 0.510. The third kappa shape index (κ3) is 5.56. The van der Waals surface area contributed by atoms with E-state index in [9.17, 15) is 4.79 Å². The van der Waals surface area contributed by atoms with Crippen LogP contribution in [0.25, 0.3) is 10.9 Å². The van der Waals surface area contributed by atoms with Gasteiger partial charge in [-0.2, -0.15) is 0 Å². The first kappa shape index (κ1) is 22.5. The van der Waals surface area contributed by atoms with Gasteiger partial charge in [-0.1, -0.05) is 32.0 Å². The summed E-state index contributed by atoms with van der Waals surface area (Å²) in [5.74, 6) is 0.609. The van der Waals surface area contributed by atoms with Crippen LogP contribution in [0.4, 0.5) is 0 Å². The Bertz CT molecular complexity index is 1010. The van der Waals surface area contributed by atoms with E-state index in [-0.39, 0.29) is 5.91 Å². The van der Waals surface area contributed by atoms with Crippen LogP contribution in [0.5, 0.6) is 0 Å². The van der Waals surface area contributed by atoms with Crippen LogP contribution in [-0.4, -0.2) is 64.7 Å². The number of ether oxygens (including phenoxy) is 1. The highest BCUT2D eigenvalue weighted by molar-refractivity contribution is 6.07. The lowest BCUT2D eigenvalue weighted by atomic mass is 10.1. The molecule has 1 saturated heterocycles. The van der Waals surface area contributed by atoms with E-state index in [1.807, 2.05) is 29.2 Å². The van der Waals surface area contributed by atoms with Crippen molar-refractivity contribution in [3.8, 4) is 0 Å². The largest absolute Gasteiger partial charge is 0.379 e. The maximum Gasteiger partial charge on any atom is 0.256 e. The van der Waals surface area contributed by atoms with Crippen LogP contribution in [0.3, 0.4) is 0 Å². The van der Waals surface area contributed by atoms with Crippen LogP contribution in [0, 0.1) is 5.92 Å². The number of pyridine rings is 1. The topological polar surface area (TPSA) is 50.6 Å². The van der Waals surface area contributed by atoms with Gasteiger partial charge < -0.3 is 14.2 Å². The first-order valence-electron chi connectivity index (χ1n) is 11.7. The molecule has 4 rings (SSSR count). The van der Waals surface area contributed by atoms with Gasteiger partial charge in [0.25, 0.3) is 5.91 Å². The number of benzene rings is 1. The van der Waals surface area contributed by atoms with Gasteiger partial charge >= 0.3 is 0 Å². The maximum atomic E-state index is 13.8. The van der Waals surface area contributed by atoms with E-state index in [0.717, 1.165) is 74.4 Å². The van der Waals surface area contributed by atoms with Crippen LogP contribution >= 0.6 is 0 Å². The van der Waals surface area contributed by atoms with Crippen LogP contribution in [-0.2, 0) is 17.8 Å². The van der Waals surface area contributed by atoms with E-state index in [1.165, 1.54) is 0 Å². The number of nitrogens with zero attached hydrogens (tertiary/aromatic N) is 4. The normalized spacial score (nSPS) is 14.8. The number of hydrogen-bond acceptors (Lipinski definition) is 4. The molecule has 1 fully saturated rings. The van der Waals surface area contributed by atoms with Gasteiger partial charge in [0.15, 0.2) is 0 Å². The molecule has 3 heterocycles. The van der Waals surface area contributed by atoms with Crippen LogP contribution in [0.15, 0.2) is 55.0 Å². The zero-order valence-corrected chi connectivity index (χ0v) is 19.2. The smallest absolute Gasteiger partial charge is 0.256 e. The molecule has 0 radical (unpaired) electrons. The van der Waals surface area contributed by atoms with E-state index < -0.39 is 0 Å². The second-order valence-corrected chi connectivity index (χ2v) is 9.00. The highest BCUT2D eigenvalue weighted by Crippen LogP contribution is 2.24. The molecule has 0 spiro atoms. The van der Waals surface area contributed by atoms with Crippen molar-refractivity contribution in [3.63, 3.8) is 0 Å². The number of hydrogen-bond donors (Lipinski definition) is 0. The van der Waals surface area contributed by atoms with Gasteiger partial charge in [-0.3, -0.25) is 14.7 Å². The van der Waals surface area contributed by atoms with E-state index in [2.05, 4.69) is 46.6 Å². The lowest BCUT2D eigenvalue weighted by molar-refractivity contribution is 0.0355. The molecule has 0 bridgehead atoms. The van der Waals surface area contributed by atoms with Gasteiger partial charge in [-0.25, -0.2) is 0 Å². The number of carbonyl (C=O) groups excluding carboxylic acids is 1. The lowest BCUT2D eigenvalue weighted by Gasteiger charge is -2.28. The number of rotatable bonds is 9. The Morgan fingerprint density at radius 1 is 1.12 bits per heavy atom. The molecule has 170 valence electrons. The molecular weight excluding hydrogens is 400 g/mol. The molecule has 6 nitrogen and oxygen atoms in total. The molecule has 1 aliphatic heterocycles. The summed E-state index contributed by atoms with van der Waals surface area (Å²) in [5, 5.41) is 1.03. The second kappa shape index (κ2) is 10.7. The number of para-hydroxylation sites is 1. The molecule has 1 aromatic carbocycles. The molecule has 1 amide bonds. The van der Waals surface area contributed by atoms with Gasteiger partial charge in [0.05, 0.1) is 18.8 Å².